The molecule has 2 rings (SSSR count). The average molecular weight is 314 g/mol. The second-order valence-corrected chi connectivity index (χ2v) is 6.10. The summed E-state index contributed by atoms with van der Waals surface area (Å²) in [5.74, 6) is 0.399. The molecule has 6 heteroatoms. The third-order valence-electron chi connectivity index (χ3n) is 3.84. The number of aryl methyl sites for hydroxylation is 1. The van der Waals surface area contributed by atoms with Gasteiger partial charge in [0.1, 0.15) is 5.75 Å². The third-order valence-corrected chi connectivity index (χ3v) is 4.07. The number of hydrogen-bond donors (Lipinski definition) is 2. The molecule has 1 saturated heterocycles. The maximum atomic E-state index is 12.1. The van der Waals surface area contributed by atoms with Gasteiger partial charge < -0.3 is 19.8 Å². The fraction of sp³-hybridized carbons (Fsp3) is 0.533. The van der Waals surface area contributed by atoms with Gasteiger partial charge in [-0.3, -0.25) is 4.79 Å². The van der Waals surface area contributed by atoms with Gasteiger partial charge in [0.05, 0.1) is 11.7 Å². The first-order valence-corrected chi connectivity index (χ1v) is 7.24. The molecule has 2 atom stereocenters. The van der Waals surface area contributed by atoms with Crippen LogP contribution in [0.2, 0.25) is 5.02 Å². The van der Waals surface area contributed by atoms with Gasteiger partial charge in [0.25, 0.3) is 5.91 Å². The average Bonchev–Trinajstić information content (AvgIpc) is 2.40. The van der Waals surface area contributed by atoms with Gasteiger partial charge in [0.2, 0.25) is 0 Å². The van der Waals surface area contributed by atoms with E-state index in [0.29, 0.717) is 23.7 Å². The number of hydrogen-bond acceptors (Lipinski definition) is 4. The SMILES string of the molecule is Cc1cc(Cl)ccc1OCC(=O)N1CC[C@](C)(O)[C@@H](O)C1. The Labute approximate surface area is 129 Å². The first kappa shape index (κ1) is 16.1. The summed E-state index contributed by atoms with van der Waals surface area (Å²) in [5, 5.41) is 20.3. The lowest BCUT2D eigenvalue weighted by Crippen LogP contribution is -2.56. The summed E-state index contributed by atoms with van der Waals surface area (Å²) in [6, 6.07) is 5.19. The Morgan fingerprint density at radius 1 is 1.57 bits per heavy atom. The highest BCUT2D eigenvalue weighted by Gasteiger charge is 2.37. The zero-order valence-electron chi connectivity index (χ0n) is 12.2. The smallest absolute Gasteiger partial charge is 0.260 e. The molecule has 2 N–H and O–H groups in total. The summed E-state index contributed by atoms with van der Waals surface area (Å²) < 4.78 is 5.50. The fourth-order valence-corrected chi connectivity index (χ4v) is 2.48. The van der Waals surface area contributed by atoms with Crippen molar-refractivity contribution in [3.8, 4) is 5.75 Å². The van der Waals surface area contributed by atoms with E-state index in [1.807, 2.05) is 6.92 Å². The maximum absolute atomic E-state index is 12.1. The Bertz CT molecular complexity index is 532. The van der Waals surface area contributed by atoms with Gasteiger partial charge in [-0.05, 0) is 44.0 Å². The van der Waals surface area contributed by atoms with E-state index in [-0.39, 0.29) is 19.1 Å². The minimum absolute atomic E-state index is 0.0999. The monoisotopic (exact) mass is 313 g/mol. The normalized spacial score (nSPS) is 25.8. The molecule has 0 bridgehead atoms. The van der Waals surface area contributed by atoms with E-state index < -0.39 is 11.7 Å². The van der Waals surface area contributed by atoms with Crippen molar-refractivity contribution in [1.82, 2.24) is 4.90 Å². The molecule has 0 unspecified atom stereocenters. The lowest BCUT2D eigenvalue weighted by Gasteiger charge is -2.39. The second kappa shape index (κ2) is 6.22. The van der Waals surface area contributed by atoms with Crippen molar-refractivity contribution < 1.29 is 19.7 Å². The first-order valence-electron chi connectivity index (χ1n) is 6.87. The van der Waals surface area contributed by atoms with E-state index in [1.54, 1.807) is 25.1 Å². The van der Waals surface area contributed by atoms with Crippen LogP contribution in [0.4, 0.5) is 0 Å². The Hall–Kier alpha value is -1.30. The van der Waals surface area contributed by atoms with Gasteiger partial charge in [0.15, 0.2) is 6.61 Å². The van der Waals surface area contributed by atoms with Crippen LogP contribution in [0, 0.1) is 6.92 Å². The van der Waals surface area contributed by atoms with E-state index in [4.69, 9.17) is 16.3 Å². The molecular weight excluding hydrogens is 294 g/mol. The number of carbonyl (C=O) groups excluding carboxylic acids is 1. The van der Waals surface area contributed by atoms with Crippen LogP contribution in [-0.4, -0.2) is 52.4 Å². The first-order chi connectivity index (χ1) is 9.79. The number of aliphatic hydroxyl groups is 2. The van der Waals surface area contributed by atoms with Crippen LogP contribution < -0.4 is 4.74 Å². The highest BCUT2D eigenvalue weighted by atomic mass is 35.5. The molecule has 1 aliphatic heterocycles. The minimum Gasteiger partial charge on any atom is -0.483 e. The second-order valence-electron chi connectivity index (χ2n) is 5.66. The van der Waals surface area contributed by atoms with Crippen LogP contribution in [-0.2, 0) is 4.79 Å². The van der Waals surface area contributed by atoms with Crippen molar-refractivity contribution in [3.63, 3.8) is 0 Å². The van der Waals surface area contributed by atoms with Crippen LogP contribution >= 0.6 is 11.6 Å². The highest BCUT2D eigenvalue weighted by Crippen LogP contribution is 2.23. The number of ether oxygens (including phenoxy) is 1. The van der Waals surface area contributed by atoms with Gasteiger partial charge in [0, 0.05) is 18.1 Å². The Morgan fingerprint density at radius 2 is 2.29 bits per heavy atom. The predicted octanol–water partition coefficient (Wildman–Crippen LogP) is 1.37. The standard InChI is InChI=1S/C15H20ClNO4/c1-10-7-11(16)3-4-12(10)21-9-14(19)17-6-5-15(2,20)13(18)8-17/h3-4,7,13,18,20H,5-6,8-9H2,1-2H3/t13-,15-/m0/s1. The Balaban J connectivity index is 1.90. The largest absolute Gasteiger partial charge is 0.483 e. The molecular formula is C15H20ClNO4. The molecule has 0 aliphatic carbocycles. The molecule has 1 heterocycles. The summed E-state index contributed by atoms with van der Waals surface area (Å²) >= 11 is 5.86. The summed E-state index contributed by atoms with van der Waals surface area (Å²) in [6.07, 6.45) is -0.590. The van der Waals surface area contributed by atoms with Crippen LogP contribution in [0.1, 0.15) is 18.9 Å². The highest BCUT2D eigenvalue weighted by molar-refractivity contribution is 6.30. The molecule has 5 nitrogen and oxygen atoms in total. The van der Waals surface area contributed by atoms with Crippen LogP contribution in [0.15, 0.2) is 18.2 Å². The fourth-order valence-electron chi connectivity index (χ4n) is 2.26. The molecule has 1 aromatic rings. The van der Waals surface area contributed by atoms with Gasteiger partial charge in [-0.15, -0.1) is 0 Å². The summed E-state index contributed by atoms with van der Waals surface area (Å²) in [4.78, 5) is 13.6. The molecule has 0 spiro atoms. The zero-order chi connectivity index (χ0) is 15.6. The van der Waals surface area contributed by atoms with E-state index >= 15 is 0 Å². The van der Waals surface area contributed by atoms with Crippen molar-refractivity contribution >= 4 is 17.5 Å². The molecule has 0 radical (unpaired) electrons. The van der Waals surface area contributed by atoms with E-state index in [9.17, 15) is 15.0 Å². The van der Waals surface area contributed by atoms with Crippen LogP contribution in [0.3, 0.4) is 0 Å². The Kier molecular flexibility index (Phi) is 4.76. The minimum atomic E-state index is -1.13. The van der Waals surface area contributed by atoms with Crippen LogP contribution in [0.25, 0.3) is 0 Å². The molecule has 0 aromatic heterocycles. The maximum Gasteiger partial charge on any atom is 0.260 e. The number of rotatable bonds is 3. The van der Waals surface area contributed by atoms with Crippen molar-refractivity contribution in [2.24, 2.45) is 0 Å². The molecule has 1 aliphatic rings. The number of piperidine rings is 1. The molecule has 1 fully saturated rings. The zero-order valence-corrected chi connectivity index (χ0v) is 12.9. The molecule has 1 aromatic carbocycles. The van der Waals surface area contributed by atoms with E-state index in [1.165, 1.54) is 4.90 Å². The van der Waals surface area contributed by atoms with Gasteiger partial charge >= 0.3 is 0 Å². The lowest BCUT2D eigenvalue weighted by molar-refractivity contribution is -0.148. The summed E-state index contributed by atoms with van der Waals surface area (Å²) in [5.41, 5.74) is -0.276. The number of carbonyl (C=O) groups is 1. The third kappa shape index (κ3) is 3.87. The van der Waals surface area contributed by atoms with Gasteiger partial charge in [-0.25, -0.2) is 0 Å². The van der Waals surface area contributed by atoms with Crippen LogP contribution in [0.5, 0.6) is 5.75 Å². The van der Waals surface area contributed by atoms with E-state index in [0.717, 1.165) is 5.56 Å². The lowest BCUT2D eigenvalue weighted by atomic mass is 9.91. The van der Waals surface area contributed by atoms with Gasteiger partial charge in [-0.1, -0.05) is 11.6 Å². The number of halogens is 1. The Morgan fingerprint density at radius 3 is 2.90 bits per heavy atom. The number of aliphatic hydroxyl groups excluding tert-OH is 1. The molecule has 1 amide bonds. The summed E-state index contributed by atoms with van der Waals surface area (Å²) in [7, 11) is 0. The molecule has 0 saturated carbocycles. The number of nitrogens with zero attached hydrogens (tertiary/aromatic N) is 1. The molecule has 116 valence electrons. The summed E-state index contributed by atoms with van der Waals surface area (Å²) in [6.45, 7) is 3.86. The number of amides is 1. The number of likely N-dealkylation sites (tertiary alicyclic amines) is 1. The van der Waals surface area contributed by atoms with Crippen molar-refractivity contribution in [2.45, 2.75) is 32.0 Å². The van der Waals surface area contributed by atoms with Gasteiger partial charge in [-0.2, -0.15) is 0 Å². The molecule has 21 heavy (non-hydrogen) atoms. The predicted molar refractivity (Wildman–Crippen MR) is 79.5 cm³/mol. The van der Waals surface area contributed by atoms with Crippen molar-refractivity contribution in [2.75, 3.05) is 19.7 Å². The van der Waals surface area contributed by atoms with E-state index in [2.05, 4.69) is 0 Å². The topological polar surface area (TPSA) is 70.0 Å². The quantitative estimate of drug-likeness (QED) is 0.884. The van der Waals surface area contributed by atoms with Crippen molar-refractivity contribution in [3.05, 3.63) is 28.8 Å². The number of benzene rings is 1. The number of β-amino-alcohol motifs (C(OH)–C–C–N with tert-alkyl or cyclic N) is 1. The van der Waals surface area contributed by atoms with Crippen molar-refractivity contribution in [1.29, 1.82) is 0 Å².